The fourth-order valence-corrected chi connectivity index (χ4v) is 3.05. The fourth-order valence-electron chi connectivity index (χ4n) is 3.05. The summed E-state index contributed by atoms with van der Waals surface area (Å²) in [7, 11) is 0. The lowest BCUT2D eigenvalue weighted by molar-refractivity contribution is 0.0714. The number of hydrogen-bond acceptors (Lipinski definition) is 3. The molecule has 1 aliphatic carbocycles. The second-order valence-electron chi connectivity index (χ2n) is 5.87. The predicted molar refractivity (Wildman–Crippen MR) is 87.5 cm³/mol. The van der Waals surface area contributed by atoms with E-state index in [2.05, 4.69) is 16.9 Å². The number of aromatic nitrogens is 1. The van der Waals surface area contributed by atoms with Crippen molar-refractivity contribution in [2.45, 2.75) is 37.8 Å². The molecule has 5 heteroatoms. The Labute approximate surface area is 134 Å². The number of benzene rings is 1. The normalized spacial score (nSPS) is 21.1. The number of para-hydroxylation sites is 1. The van der Waals surface area contributed by atoms with Crippen LogP contribution >= 0.6 is 0 Å². The molecule has 1 aromatic heterocycles. The lowest BCUT2D eigenvalue weighted by Crippen LogP contribution is -2.45. The summed E-state index contributed by atoms with van der Waals surface area (Å²) >= 11 is 0. The Morgan fingerprint density at radius 3 is 2.91 bits per heavy atom. The number of fused-ring (bicyclic) bond motifs is 1. The summed E-state index contributed by atoms with van der Waals surface area (Å²) in [5, 5.41) is 13.4. The molecule has 3 rings (SSSR count). The molecule has 0 spiro atoms. The van der Waals surface area contributed by atoms with Gasteiger partial charge in [-0.1, -0.05) is 37.6 Å². The van der Waals surface area contributed by atoms with Crippen molar-refractivity contribution in [1.82, 2.24) is 10.3 Å². The van der Waals surface area contributed by atoms with E-state index in [1.807, 2.05) is 0 Å². The van der Waals surface area contributed by atoms with Crippen molar-refractivity contribution in [3.8, 4) is 0 Å². The van der Waals surface area contributed by atoms with E-state index in [4.69, 9.17) is 0 Å². The molecule has 2 unspecified atom stereocenters. The molecule has 0 bridgehead atoms. The molecule has 120 valence electrons. The Morgan fingerprint density at radius 1 is 1.39 bits per heavy atom. The predicted octanol–water partition coefficient (Wildman–Crippen LogP) is 3.05. The quantitative estimate of drug-likeness (QED) is 0.915. The van der Waals surface area contributed by atoms with Crippen LogP contribution in [0.1, 0.15) is 41.7 Å². The van der Waals surface area contributed by atoms with Gasteiger partial charge in [-0.3, -0.25) is 4.79 Å². The third-order valence-corrected chi connectivity index (χ3v) is 4.32. The van der Waals surface area contributed by atoms with Gasteiger partial charge in [0.25, 0.3) is 5.91 Å². The minimum Gasteiger partial charge on any atom is -0.391 e. The average Bonchev–Trinajstić information content (AvgIpc) is 2.56. The average molecular weight is 314 g/mol. The maximum absolute atomic E-state index is 14.0. The van der Waals surface area contributed by atoms with Crippen LogP contribution in [-0.4, -0.2) is 28.1 Å². The highest BCUT2D eigenvalue weighted by Crippen LogP contribution is 2.23. The van der Waals surface area contributed by atoms with Crippen LogP contribution in [0, 0.1) is 5.82 Å². The van der Waals surface area contributed by atoms with Gasteiger partial charge in [0.2, 0.25) is 0 Å². The zero-order valence-electron chi connectivity index (χ0n) is 12.8. The van der Waals surface area contributed by atoms with Crippen LogP contribution in [0.15, 0.2) is 30.8 Å². The first-order valence-corrected chi connectivity index (χ1v) is 7.81. The summed E-state index contributed by atoms with van der Waals surface area (Å²) in [4.78, 5) is 16.6. The summed E-state index contributed by atoms with van der Waals surface area (Å²) in [5.41, 5.74) is 0.943. The molecule has 1 saturated carbocycles. The van der Waals surface area contributed by atoms with Crippen LogP contribution in [0.4, 0.5) is 4.39 Å². The topological polar surface area (TPSA) is 62.2 Å². The first-order valence-electron chi connectivity index (χ1n) is 7.81. The zero-order valence-corrected chi connectivity index (χ0v) is 12.8. The standard InChI is InChI=1S/C18H19FN2O2/c1-2-11-10-15(20-17-12(11)6-5-7-13(17)19)18(23)21-14-8-3-4-9-16(14)22/h2,5-7,10,14,16,22H,1,3-4,8-9H2,(H,21,23). The molecule has 1 heterocycles. The van der Waals surface area contributed by atoms with Crippen LogP contribution in [0.2, 0.25) is 0 Å². The van der Waals surface area contributed by atoms with E-state index >= 15 is 0 Å². The van der Waals surface area contributed by atoms with E-state index in [0.717, 1.165) is 19.3 Å². The second-order valence-corrected chi connectivity index (χ2v) is 5.87. The maximum atomic E-state index is 14.0. The van der Waals surface area contributed by atoms with Gasteiger partial charge in [0, 0.05) is 5.39 Å². The number of carbonyl (C=O) groups excluding carboxylic acids is 1. The molecule has 4 nitrogen and oxygen atoms in total. The van der Waals surface area contributed by atoms with Gasteiger partial charge in [-0.05, 0) is 30.5 Å². The van der Waals surface area contributed by atoms with Crippen LogP contribution in [0.25, 0.3) is 17.0 Å². The number of hydrogen-bond donors (Lipinski definition) is 2. The minimum absolute atomic E-state index is 0.135. The van der Waals surface area contributed by atoms with Gasteiger partial charge >= 0.3 is 0 Å². The van der Waals surface area contributed by atoms with Crippen molar-refractivity contribution in [3.05, 3.63) is 47.9 Å². The van der Waals surface area contributed by atoms with E-state index in [1.54, 1.807) is 24.3 Å². The zero-order chi connectivity index (χ0) is 16.4. The van der Waals surface area contributed by atoms with Crippen molar-refractivity contribution in [2.24, 2.45) is 0 Å². The lowest BCUT2D eigenvalue weighted by atomic mass is 9.92. The van der Waals surface area contributed by atoms with E-state index in [0.29, 0.717) is 17.4 Å². The number of amides is 1. The Kier molecular flexibility index (Phi) is 4.39. The summed E-state index contributed by atoms with van der Waals surface area (Å²) in [5.74, 6) is -0.873. The van der Waals surface area contributed by atoms with Crippen molar-refractivity contribution in [2.75, 3.05) is 0 Å². The van der Waals surface area contributed by atoms with Crippen LogP contribution in [0.3, 0.4) is 0 Å². The van der Waals surface area contributed by atoms with Crippen LogP contribution < -0.4 is 5.32 Å². The van der Waals surface area contributed by atoms with Gasteiger partial charge in [-0.25, -0.2) is 9.37 Å². The summed E-state index contributed by atoms with van der Waals surface area (Å²) in [6.45, 7) is 3.72. The number of halogens is 1. The van der Waals surface area contributed by atoms with Gasteiger partial charge in [-0.15, -0.1) is 0 Å². The number of nitrogens with one attached hydrogen (secondary N) is 1. The fraction of sp³-hybridized carbons (Fsp3) is 0.333. The summed E-state index contributed by atoms with van der Waals surface area (Å²) in [6.07, 6.45) is 4.40. The number of pyridine rings is 1. The van der Waals surface area contributed by atoms with Crippen molar-refractivity contribution >= 4 is 22.9 Å². The summed E-state index contributed by atoms with van der Waals surface area (Å²) in [6, 6.07) is 5.98. The van der Waals surface area contributed by atoms with Crippen LogP contribution in [-0.2, 0) is 0 Å². The Hall–Kier alpha value is -2.27. The monoisotopic (exact) mass is 314 g/mol. The third kappa shape index (κ3) is 3.10. The molecular weight excluding hydrogens is 295 g/mol. The number of aliphatic hydroxyl groups excluding tert-OH is 1. The first kappa shape index (κ1) is 15.6. The van der Waals surface area contributed by atoms with Gasteiger partial charge < -0.3 is 10.4 Å². The highest BCUT2D eigenvalue weighted by molar-refractivity contribution is 5.98. The molecule has 2 atom stereocenters. The smallest absolute Gasteiger partial charge is 0.270 e. The van der Waals surface area contributed by atoms with Crippen molar-refractivity contribution < 1.29 is 14.3 Å². The molecular formula is C18H19FN2O2. The molecule has 1 amide bonds. The Bertz CT molecular complexity index is 760. The second kappa shape index (κ2) is 6.46. The molecule has 2 aromatic rings. The minimum atomic E-state index is -0.538. The molecule has 0 saturated heterocycles. The van der Waals surface area contributed by atoms with Gasteiger partial charge in [0.1, 0.15) is 17.0 Å². The van der Waals surface area contributed by atoms with E-state index in [-0.39, 0.29) is 17.3 Å². The molecule has 0 aliphatic heterocycles. The molecule has 1 aromatic carbocycles. The van der Waals surface area contributed by atoms with Crippen molar-refractivity contribution in [3.63, 3.8) is 0 Å². The van der Waals surface area contributed by atoms with E-state index < -0.39 is 17.8 Å². The Balaban J connectivity index is 1.94. The first-order chi connectivity index (χ1) is 11.1. The van der Waals surface area contributed by atoms with Gasteiger partial charge in [0.15, 0.2) is 0 Å². The van der Waals surface area contributed by atoms with E-state index in [9.17, 15) is 14.3 Å². The highest BCUT2D eigenvalue weighted by atomic mass is 19.1. The number of rotatable bonds is 3. The molecule has 1 fully saturated rings. The van der Waals surface area contributed by atoms with E-state index in [1.165, 1.54) is 6.07 Å². The molecule has 2 N–H and O–H groups in total. The van der Waals surface area contributed by atoms with Gasteiger partial charge in [0.05, 0.1) is 12.1 Å². The lowest BCUT2D eigenvalue weighted by Gasteiger charge is -2.28. The van der Waals surface area contributed by atoms with Gasteiger partial charge in [-0.2, -0.15) is 0 Å². The third-order valence-electron chi connectivity index (χ3n) is 4.32. The molecule has 23 heavy (non-hydrogen) atoms. The van der Waals surface area contributed by atoms with Crippen LogP contribution in [0.5, 0.6) is 0 Å². The largest absolute Gasteiger partial charge is 0.391 e. The number of carbonyl (C=O) groups is 1. The molecule has 1 aliphatic rings. The summed E-state index contributed by atoms with van der Waals surface area (Å²) < 4.78 is 14.0. The number of nitrogens with zero attached hydrogens (tertiary/aromatic N) is 1. The number of aliphatic hydroxyl groups is 1. The Morgan fingerprint density at radius 2 is 2.17 bits per heavy atom. The molecule has 0 radical (unpaired) electrons. The SMILES string of the molecule is C=Cc1cc(C(=O)NC2CCCCC2O)nc2c(F)cccc12. The maximum Gasteiger partial charge on any atom is 0.270 e. The highest BCUT2D eigenvalue weighted by Gasteiger charge is 2.25. The van der Waals surface area contributed by atoms with Crippen molar-refractivity contribution in [1.29, 1.82) is 0 Å².